The number of aromatic nitrogens is 2. The van der Waals surface area contributed by atoms with E-state index < -0.39 is 0 Å². The zero-order valence-corrected chi connectivity index (χ0v) is 18.8. The van der Waals surface area contributed by atoms with Gasteiger partial charge in [0.1, 0.15) is 11.6 Å². The Morgan fingerprint density at radius 1 is 1.00 bits per heavy atom. The number of rotatable bonds is 6. The quantitative estimate of drug-likeness (QED) is 0.334. The summed E-state index contributed by atoms with van der Waals surface area (Å²) in [6.07, 6.45) is 0. The van der Waals surface area contributed by atoms with Crippen molar-refractivity contribution in [1.82, 2.24) is 15.3 Å². The van der Waals surface area contributed by atoms with Crippen LogP contribution in [0.4, 0.5) is 0 Å². The molecule has 0 radical (unpaired) electrons. The van der Waals surface area contributed by atoms with Crippen LogP contribution in [0.3, 0.4) is 0 Å². The second-order valence-corrected chi connectivity index (χ2v) is 8.16. The molecule has 31 heavy (non-hydrogen) atoms. The van der Waals surface area contributed by atoms with Crippen LogP contribution in [-0.4, -0.2) is 22.5 Å². The topological polar surface area (TPSA) is 67.0 Å². The van der Waals surface area contributed by atoms with Crippen LogP contribution in [0.2, 0.25) is 15.1 Å². The molecule has 0 unspecified atom stereocenters. The molecule has 0 aliphatic carbocycles. The summed E-state index contributed by atoms with van der Waals surface area (Å²) in [5.74, 6) is 0.965. The van der Waals surface area contributed by atoms with Gasteiger partial charge in [-0.05, 0) is 67.1 Å². The average Bonchev–Trinajstić information content (AvgIpc) is 3.14. The molecular formula is C23H18Cl3N3O2. The van der Waals surface area contributed by atoms with Crippen LogP contribution in [0.1, 0.15) is 22.8 Å². The predicted molar refractivity (Wildman–Crippen MR) is 125 cm³/mol. The van der Waals surface area contributed by atoms with E-state index in [4.69, 9.17) is 39.5 Å². The van der Waals surface area contributed by atoms with Crippen LogP contribution in [0, 0.1) is 0 Å². The lowest BCUT2D eigenvalue weighted by atomic mass is 10.1. The highest BCUT2D eigenvalue weighted by molar-refractivity contribution is 6.34. The van der Waals surface area contributed by atoms with E-state index in [2.05, 4.69) is 15.3 Å². The lowest BCUT2D eigenvalue weighted by molar-refractivity contribution is 0.0950. The summed E-state index contributed by atoms with van der Waals surface area (Å²) in [6, 6.07) is 15.9. The van der Waals surface area contributed by atoms with Gasteiger partial charge >= 0.3 is 0 Å². The highest BCUT2D eigenvalue weighted by atomic mass is 35.5. The molecule has 5 nitrogen and oxygen atoms in total. The number of H-pyrrole nitrogens is 1. The van der Waals surface area contributed by atoms with E-state index in [9.17, 15) is 4.79 Å². The van der Waals surface area contributed by atoms with Crippen molar-refractivity contribution in [3.8, 4) is 17.1 Å². The van der Waals surface area contributed by atoms with Gasteiger partial charge in [0.25, 0.3) is 5.91 Å². The molecule has 4 aromatic rings. The standard InChI is InChI=1S/C23H18Cl3N3O2/c1-2-31-21-9-14(23(30)27-12-13-7-16(25)10-17(26)8-13)3-5-18(21)22-28-19-6-4-15(24)11-20(19)29-22/h3-11H,2,12H2,1H3,(H,27,30)(H,28,29). The van der Waals surface area contributed by atoms with Gasteiger partial charge in [-0.25, -0.2) is 4.98 Å². The first-order valence-electron chi connectivity index (χ1n) is 9.58. The molecule has 0 spiro atoms. The van der Waals surface area contributed by atoms with Gasteiger partial charge in [-0.1, -0.05) is 34.8 Å². The first-order chi connectivity index (χ1) is 14.9. The number of ether oxygens (including phenoxy) is 1. The maximum absolute atomic E-state index is 12.7. The van der Waals surface area contributed by atoms with Crippen molar-refractivity contribution in [2.75, 3.05) is 6.61 Å². The molecule has 1 aromatic heterocycles. The van der Waals surface area contributed by atoms with Gasteiger partial charge in [-0.15, -0.1) is 0 Å². The van der Waals surface area contributed by atoms with E-state index in [0.29, 0.717) is 45.4 Å². The molecule has 1 amide bonds. The number of nitrogens with zero attached hydrogens (tertiary/aromatic N) is 1. The van der Waals surface area contributed by atoms with Crippen molar-refractivity contribution in [3.63, 3.8) is 0 Å². The number of halogens is 3. The maximum atomic E-state index is 12.7. The van der Waals surface area contributed by atoms with Crippen molar-refractivity contribution in [3.05, 3.63) is 80.8 Å². The zero-order valence-electron chi connectivity index (χ0n) is 16.5. The van der Waals surface area contributed by atoms with Crippen molar-refractivity contribution in [1.29, 1.82) is 0 Å². The maximum Gasteiger partial charge on any atom is 0.251 e. The number of hydrogen-bond acceptors (Lipinski definition) is 3. The number of hydrogen-bond donors (Lipinski definition) is 2. The minimum atomic E-state index is -0.236. The monoisotopic (exact) mass is 473 g/mol. The van der Waals surface area contributed by atoms with Crippen LogP contribution in [0.15, 0.2) is 54.6 Å². The first-order valence-corrected chi connectivity index (χ1v) is 10.7. The van der Waals surface area contributed by atoms with Crippen molar-refractivity contribution in [2.24, 2.45) is 0 Å². The Bertz CT molecular complexity index is 1250. The van der Waals surface area contributed by atoms with Gasteiger partial charge in [0, 0.05) is 27.2 Å². The summed E-state index contributed by atoms with van der Waals surface area (Å²) in [5.41, 5.74) is 3.66. The van der Waals surface area contributed by atoms with Crippen LogP contribution in [0.25, 0.3) is 22.4 Å². The summed E-state index contributed by atoms with van der Waals surface area (Å²) < 4.78 is 5.80. The van der Waals surface area contributed by atoms with E-state index in [1.165, 1.54) is 0 Å². The molecule has 8 heteroatoms. The van der Waals surface area contributed by atoms with Gasteiger partial charge in [0.2, 0.25) is 0 Å². The van der Waals surface area contributed by atoms with Crippen molar-refractivity contribution < 1.29 is 9.53 Å². The van der Waals surface area contributed by atoms with E-state index in [0.717, 1.165) is 22.2 Å². The second-order valence-electron chi connectivity index (χ2n) is 6.85. The number of fused-ring (bicyclic) bond motifs is 1. The molecular weight excluding hydrogens is 457 g/mol. The van der Waals surface area contributed by atoms with Gasteiger partial charge in [-0.2, -0.15) is 0 Å². The molecule has 0 atom stereocenters. The Balaban J connectivity index is 1.59. The molecule has 2 N–H and O–H groups in total. The largest absolute Gasteiger partial charge is 0.493 e. The highest BCUT2D eigenvalue weighted by Gasteiger charge is 2.15. The molecule has 3 aromatic carbocycles. The number of imidazole rings is 1. The lowest BCUT2D eigenvalue weighted by Crippen LogP contribution is -2.22. The van der Waals surface area contributed by atoms with Gasteiger partial charge in [0.15, 0.2) is 0 Å². The molecule has 158 valence electrons. The minimum absolute atomic E-state index is 0.236. The van der Waals surface area contributed by atoms with E-state index in [-0.39, 0.29) is 5.91 Å². The summed E-state index contributed by atoms with van der Waals surface area (Å²) in [4.78, 5) is 20.6. The third-order valence-corrected chi connectivity index (χ3v) is 5.29. The molecule has 4 rings (SSSR count). The van der Waals surface area contributed by atoms with Crippen LogP contribution in [-0.2, 0) is 6.54 Å². The number of amides is 1. The fourth-order valence-corrected chi connectivity index (χ4v) is 3.98. The van der Waals surface area contributed by atoms with Crippen LogP contribution < -0.4 is 10.1 Å². The number of aromatic amines is 1. The van der Waals surface area contributed by atoms with Gasteiger partial charge < -0.3 is 15.0 Å². The fourth-order valence-electron chi connectivity index (χ4n) is 3.24. The summed E-state index contributed by atoms with van der Waals surface area (Å²) in [5, 5.41) is 4.54. The van der Waals surface area contributed by atoms with Crippen molar-refractivity contribution in [2.45, 2.75) is 13.5 Å². The highest BCUT2D eigenvalue weighted by Crippen LogP contribution is 2.31. The molecule has 0 aliphatic rings. The van der Waals surface area contributed by atoms with Crippen LogP contribution in [0.5, 0.6) is 5.75 Å². The summed E-state index contributed by atoms with van der Waals surface area (Å²) in [6.45, 7) is 2.64. The zero-order chi connectivity index (χ0) is 22.0. The third kappa shape index (κ3) is 4.96. The number of carbonyl (C=O) groups excluding carboxylic acids is 1. The fraction of sp³-hybridized carbons (Fsp3) is 0.130. The number of benzene rings is 3. The van der Waals surface area contributed by atoms with E-state index >= 15 is 0 Å². The van der Waals surface area contributed by atoms with E-state index in [1.807, 2.05) is 25.1 Å². The Morgan fingerprint density at radius 3 is 2.52 bits per heavy atom. The Kier molecular flexibility index (Phi) is 6.37. The molecule has 0 aliphatic heterocycles. The normalized spacial score (nSPS) is 11.0. The van der Waals surface area contributed by atoms with Gasteiger partial charge in [0.05, 0.1) is 23.2 Å². The third-order valence-electron chi connectivity index (χ3n) is 4.62. The van der Waals surface area contributed by atoms with Crippen molar-refractivity contribution >= 4 is 51.7 Å². The minimum Gasteiger partial charge on any atom is -0.493 e. The number of carbonyl (C=O) groups is 1. The smallest absolute Gasteiger partial charge is 0.251 e. The molecule has 0 saturated carbocycles. The average molecular weight is 475 g/mol. The Hall–Kier alpha value is -2.73. The Morgan fingerprint density at radius 2 is 1.77 bits per heavy atom. The molecule has 0 bridgehead atoms. The molecule has 1 heterocycles. The predicted octanol–water partition coefficient (Wildman–Crippen LogP) is 6.52. The second kappa shape index (κ2) is 9.18. The number of nitrogens with one attached hydrogen (secondary N) is 2. The summed E-state index contributed by atoms with van der Waals surface area (Å²) >= 11 is 18.1. The molecule has 0 saturated heterocycles. The Labute approximate surface area is 194 Å². The molecule has 0 fully saturated rings. The lowest BCUT2D eigenvalue weighted by Gasteiger charge is -2.11. The summed E-state index contributed by atoms with van der Waals surface area (Å²) in [7, 11) is 0. The van der Waals surface area contributed by atoms with Crippen LogP contribution >= 0.6 is 34.8 Å². The SMILES string of the molecule is CCOc1cc(C(=O)NCc2cc(Cl)cc(Cl)c2)ccc1-c1nc2ccc(Cl)cc2[nH]1. The van der Waals surface area contributed by atoms with Gasteiger partial charge in [-0.3, -0.25) is 4.79 Å². The first kappa shape index (κ1) is 21.5. The van der Waals surface area contributed by atoms with E-state index in [1.54, 1.807) is 36.4 Å².